The number of carbonyl (C=O) groups is 1. The van der Waals surface area contributed by atoms with E-state index in [2.05, 4.69) is 25.6 Å². The van der Waals surface area contributed by atoms with Crippen molar-refractivity contribution in [2.75, 3.05) is 5.75 Å². The number of nitrogens with zero attached hydrogens (tertiary/aromatic N) is 5. The molecule has 0 saturated carbocycles. The van der Waals surface area contributed by atoms with Crippen LogP contribution in [0.3, 0.4) is 0 Å². The van der Waals surface area contributed by atoms with Crippen molar-refractivity contribution in [3.05, 3.63) is 52.1 Å². The summed E-state index contributed by atoms with van der Waals surface area (Å²) in [7, 11) is 0. The lowest BCUT2D eigenvalue weighted by Crippen LogP contribution is -2.19. The number of nitrogens with one attached hydrogen (secondary N) is 1. The fourth-order valence-corrected chi connectivity index (χ4v) is 3.00. The molecular formula is C16H14ClFN6OS. The third-order valence-corrected chi connectivity index (χ3v) is 4.48. The number of rotatable bonds is 5. The Hall–Kier alpha value is -2.52. The topological polar surface area (TPSA) is 84.5 Å². The van der Waals surface area contributed by atoms with Gasteiger partial charge in [-0.3, -0.25) is 4.79 Å². The molecule has 2 heterocycles. The minimum absolute atomic E-state index is 0.0528. The number of aromatic nitrogens is 4. The summed E-state index contributed by atoms with van der Waals surface area (Å²) in [4.78, 5) is 20.4. The predicted molar refractivity (Wildman–Crippen MR) is 98.1 cm³/mol. The largest absolute Gasteiger partial charge is 0.272 e. The maximum absolute atomic E-state index is 13.6. The van der Waals surface area contributed by atoms with Gasteiger partial charge in [-0.25, -0.2) is 19.3 Å². The summed E-state index contributed by atoms with van der Waals surface area (Å²) in [6.45, 7) is 3.78. The van der Waals surface area contributed by atoms with Crippen LogP contribution in [0.4, 0.5) is 4.39 Å². The Kier molecular flexibility index (Phi) is 5.48. The Balaban J connectivity index is 1.59. The number of benzene rings is 1. The van der Waals surface area contributed by atoms with Crippen LogP contribution in [0.1, 0.15) is 17.0 Å². The average molecular weight is 393 g/mol. The SMILES string of the molecule is Cc1cc(C)n2nc(SCC(=O)N/N=C\c3c(F)cccc3Cl)nc2n1. The molecule has 1 aromatic carbocycles. The van der Waals surface area contributed by atoms with E-state index in [1.54, 1.807) is 4.52 Å². The second kappa shape index (κ2) is 7.79. The van der Waals surface area contributed by atoms with E-state index >= 15 is 0 Å². The maximum Gasteiger partial charge on any atom is 0.253 e. The van der Waals surface area contributed by atoms with Gasteiger partial charge < -0.3 is 0 Å². The molecule has 1 N–H and O–H groups in total. The number of amides is 1. The molecule has 0 radical (unpaired) electrons. The molecule has 0 atom stereocenters. The smallest absolute Gasteiger partial charge is 0.253 e. The Morgan fingerprint density at radius 1 is 1.42 bits per heavy atom. The highest BCUT2D eigenvalue weighted by Gasteiger charge is 2.10. The first-order valence-corrected chi connectivity index (χ1v) is 8.90. The van der Waals surface area contributed by atoms with E-state index in [4.69, 9.17) is 11.6 Å². The number of hydrogen-bond acceptors (Lipinski definition) is 6. The first-order valence-electron chi connectivity index (χ1n) is 7.54. The maximum atomic E-state index is 13.6. The third-order valence-electron chi connectivity index (χ3n) is 3.31. The monoisotopic (exact) mass is 392 g/mol. The van der Waals surface area contributed by atoms with Gasteiger partial charge in [0.1, 0.15) is 5.82 Å². The molecule has 0 aliphatic carbocycles. The minimum Gasteiger partial charge on any atom is -0.272 e. The van der Waals surface area contributed by atoms with E-state index in [0.29, 0.717) is 10.9 Å². The number of carbonyl (C=O) groups excluding carboxylic acids is 1. The van der Waals surface area contributed by atoms with Crippen LogP contribution in [0.15, 0.2) is 34.5 Å². The summed E-state index contributed by atoms with van der Waals surface area (Å²) < 4.78 is 15.2. The number of aryl methyl sites for hydroxylation is 2. The Labute approximate surface area is 157 Å². The van der Waals surface area contributed by atoms with Gasteiger partial charge in [-0.15, -0.1) is 5.10 Å². The van der Waals surface area contributed by atoms with Gasteiger partial charge in [0.15, 0.2) is 0 Å². The fourth-order valence-electron chi connectivity index (χ4n) is 2.17. The molecule has 0 fully saturated rings. The van der Waals surface area contributed by atoms with E-state index in [0.717, 1.165) is 23.1 Å². The van der Waals surface area contributed by atoms with Crippen LogP contribution in [-0.4, -0.2) is 37.5 Å². The van der Waals surface area contributed by atoms with Crippen LogP contribution in [0.2, 0.25) is 5.02 Å². The molecule has 3 rings (SSSR count). The average Bonchev–Trinajstić information content (AvgIpc) is 2.99. The van der Waals surface area contributed by atoms with Gasteiger partial charge in [-0.2, -0.15) is 10.1 Å². The summed E-state index contributed by atoms with van der Waals surface area (Å²) in [6, 6.07) is 6.18. The van der Waals surface area contributed by atoms with Crippen molar-refractivity contribution in [2.24, 2.45) is 5.10 Å². The number of hydrazone groups is 1. The normalized spacial score (nSPS) is 11.4. The van der Waals surface area contributed by atoms with Gasteiger partial charge >= 0.3 is 0 Å². The van der Waals surface area contributed by atoms with E-state index in [9.17, 15) is 9.18 Å². The fraction of sp³-hybridized carbons (Fsp3) is 0.188. The summed E-state index contributed by atoms with van der Waals surface area (Å²) in [5, 5.41) is 8.67. The Morgan fingerprint density at radius 2 is 2.23 bits per heavy atom. The molecule has 0 saturated heterocycles. The van der Waals surface area contributed by atoms with Crippen molar-refractivity contribution in [2.45, 2.75) is 19.0 Å². The molecular weight excluding hydrogens is 379 g/mol. The lowest BCUT2D eigenvalue weighted by molar-refractivity contribution is -0.118. The minimum atomic E-state index is -0.517. The van der Waals surface area contributed by atoms with Crippen LogP contribution >= 0.6 is 23.4 Å². The van der Waals surface area contributed by atoms with Gasteiger partial charge in [0.25, 0.3) is 11.7 Å². The predicted octanol–water partition coefficient (Wildman–Crippen LogP) is 2.78. The molecule has 0 aliphatic heterocycles. The van der Waals surface area contributed by atoms with Crippen LogP contribution in [0, 0.1) is 19.7 Å². The molecule has 26 heavy (non-hydrogen) atoms. The molecule has 3 aromatic rings. The molecule has 0 aliphatic rings. The van der Waals surface area contributed by atoms with Crippen molar-refractivity contribution in [1.82, 2.24) is 25.0 Å². The highest BCUT2D eigenvalue weighted by Crippen LogP contribution is 2.17. The zero-order valence-corrected chi connectivity index (χ0v) is 15.5. The number of thioether (sulfide) groups is 1. The van der Waals surface area contributed by atoms with E-state index < -0.39 is 5.82 Å². The van der Waals surface area contributed by atoms with Crippen LogP contribution in [-0.2, 0) is 4.79 Å². The van der Waals surface area contributed by atoms with Crippen molar-refractivity contribution in [3.63, 3.8) is 0 Å². The Morgan fingerprint density at radius 3 is 3.00 bits per heavy atom. The molecule has 7 nitrogen and oxygen atoms in total. The lowest BCUT2D eigenvalue weighted by Gasteiger charge is -2.00. The first-order chi connectivity index (χ1) is 12.4. The summed E-state index contributed by atoms with van der Waals surface area (Å²) in [6.07, 6.45) is 1.17. The highest BCUT2D eigenvalue weighted by atomic mass is 35.5. The van der Waals surface area contributed by atoms with Gasteiger partial charge in [0.2, 0.25) is 5.16 Å². The third kappa shape index (κ3) is 4.17. The quantitative estimate of drug-likeness (QED) is 0.410. The van der Waals surface area contributed by atoms with Crippen LogP contribution in [0.5, 0.6) is 0 Å². The van der Waals surface area contributed by atoms with Crippen molar-refractivity contribution in [1.29, 1.82) is 0 Å². The van der Waals surface area contributed by atoms with Crippen molar-refractivity contribution < 1.29 is 9.18 Å². The van der Waals surface area contributed by atoms with Crippen molar-refractivity contribution in [3.8, 4) is 0 Å². The summed E-state index contributed by atoms with van der Waals surface area (Å²) in [5.41, 5.74) is 4.18. The molecule has 2 aromatic heterocycles. The zero-order chi connectivity index (χ0) is 18.7. The molecule has 0 spiro atoms. The number of hydrogen-bond donors (Lipinski definition) is 1. The van der Waals surface area contributed by atoms with Crippen LogP contribution < -0.4 is 5.43 Å². The van der Waals surface area contributed by atoms with Gasteiger partial charge in [-0.05, 0) is 32.0 Å². The van der Waals surface area contributed by atoms with Crippen LogP contribution in [0.25, 0.3) is 5.78 Å². The van der Waals surface area contributed by atoms with E-state index in [1.165, 1.54) is 24.4 Å². The molecule has 1 amide bonds. The van der Waals surface area contributed by atoms with E-state index in [1.807, 2.05) is 19.9 Å². The summed E-state index contributed by atoms with van der Waals surface area (Å²) in [5.74, 6) is -0.356. The molecule has 10 heteroatoms. The standard InChI is InChI=1S/C16H14ClFN6OS/c1-9-6-10(2)24-15(20-9)21-16(23-24)26-8-14(25)22-19-7-11-12(17)4-3-5-13(11)18/h3-7H,8H2,1-2H3,(H,22,25)/b19-7-. The molecule has 134 valence electrons. The van der Waals surface area contributed by atoms with Crippen molar-refractivity contribution >= 4 is 41.3 Å². The van der Waals surface area contributed by atoms with Gasteiger partial charge in [0.05, 0.1) is 17.0 Å². The Bertz CT molecular complexity index is 986. The lowest BCUT2D eigenvalue weighted by atomic mass is 10.2. The second-order valence-electron chi connectivity index (χ2n) is 5.36. The summed E-state index contributed by atoms with van der Waals surface area (Å²) >= 11 is 7.03. The molecule has 0 bridgehead atoms. The second-order valence-corrected chi connectivity index (χ2v) is 6.71. The number of fused-ring (bicyclic) bond motifs is 1. The first kappa shape index (κ1) is 18.3. The van der Waals surface area contributed by atoms with E-state index in [-0.39, 0.29) is 22.2 Å². The van der Waals surface area contributed by atoms with Gasteiger partial charge in [0, 0.05) is 17.0 Å². The zero-order valence-electron chi connectivity index (χ0n) is 13.9. The number of halogens is 2. The highest BCUT2D eigenvalue weighted by molar-refractivity contribution is 7.99. The van der Waals surface area contributed by atoms with Gasteiger partial charge in [-0.1, -0.05) is 29.4 Å². The molecule has 0 unspecified atom stereocenters.